The summed E-state index contributed by atoms with van der Waals surface area (Å²) in [6, 6.07) is 0. The molecule has 3 aliphatic rings. The predicted molar refractivity (Wildman–Crippen MR) is 65.0 cm³/mol. The van der Waals surface area contributed by atoms with Crippen LogP contribution in [-0.2, 0) is 4.79 Å². The predicted octanol–water partition coefficient (Wildman–Crippen LogP) is 3.50. The quantitative estimate of drug-likeness (QED) is 0.650. The minimum atomic E-state index is 0.241. The van der Waals surface area contributed by atoms with Crippen LogP contribution in [0.5, 0.6) is 0 Å². The lowest BCUT2D eigenvalue weighted by Crippen LogP contribution is -2.12. The van der Waals surface area contributed by atoms with Gasteiger partial charge in [0.2, 0.25) is 0 Å². The second-order valence-corrected chi connectivity index (χ2v) is 5.03. The van der Waals surface area contributed by atoms with E-state index in [-0.39, 0.29) is 5.78 Å². The monoisotopic (exact) mass is 212 g/mol. The van der Waals surface area contributed by atoms with E-state index in [9.17, 15) is 4.79 Å². The van der Waals surface area contributed by atoms with Crippen molar-refractivity contribution < 1.29 is 4.79 Å². The highest BCUT2D eigenvalue weighted by molar-refractivity contribution is 6.08. The Morgan fingerprint density at radius 1 is 1.00 bits per heavy atom. The summed E-state index contributed by atoms with van der Waals surface area (Å²) < 4.78 is 0. The lowest BCUT2D eigenvalue weighted by molar-refractivity contribution is -0.111. The van der Waals surface area contributed by atoms with E-state index in [1.165, 1.54) is 36.8 Å². The van der Waals surface area contributed by atoms with Gasteiger partial charge in [0, 0.05) is 5.57 Å². The third kappa shape index (κ3) is 1.51. The largest absolute Gasteiger partial charge is 0.290 e. The Hall–Kier alpha value is -1.37. The first-order chi connectivity index (χ1) is 7.74. The smallest absolute Gasteiger partial charge is 0.182 e. The third-order valence-electron chi connectivity index (χ3n) is 3.78. The molecule has 0 spiro atoms. The Morgan fingerprint density at radius 3 is 2.44 bits per heavy atom. The zero-order chi connectivity index (χ0) is 11.1. The van der Waals surface area contributed by atoms with Crippen molar-refractivity contribution in [3.05, 3.63) is 46.6 Å². The number of carbonyl (C=O) groups excluding carboxylic acids is 1. The highest BCUT2D eigenvalue weighted by Crippen LogP contribution is 2.37. The molecule has 1 fully saturated rings. The molecule has 0 aromatic rings. The molecular formula is C15H16O. The van der Waals surface area contributed by atoms with Crippen LogP contribution in [0.3, 0.4) is 0 Å². The minimum Gasteiger partial charge on any atom is -0.290 e. The molecule has 0 N–H and O–H groups in total. The molecular weight excluding hydrogens is 196 g/mol. The maximum absolute atomic E-state index is 12.0. The lowest BCUT2D eigenvalue weighted by atomic mass is 9.86. The van der Waals surface area contributed by atoms with Crippen molar-refractivity contribution in [2.45, 2.75) is 32.6 Å². The Labute approximate surface area is 96.2 Å². The molecule has 0 aromatic heterocycles. The van der Waals surface area contributed by atoms with Crippen molar-refractivity contribution in [1.29, 1.82) is 0 Å². The molecule has 1 saturated carbocycles. The van der Waals surface area contributed by atoms with Gasteiger partial charge in [0.15, 0.2) is 5.78 Å². The van der Waals surface area contributed by atoms with Crippen LogP contribution in [0.1, 0.15) is 32.6 Å². The first-order valence-corrected chi connectivity index (χ1v) is 6.12. The van der Waals surface area contributed by atoms with Crippen molar-refractivity contribution in [3.8, 4) is 0 Å². The van der Waals surface area contributed by atoms with Crippen LogP contribution in [0, 0.1) is 5.92 Å². The summed E-state index contributed by atoms with van der Waals surface area (Å²) >= 11 is 0. The fraction of sp³-hybridized carbons (Fsp3) is 0.400. The van der Waals surface area contributed by atoms with Crippen LogP contribution in [0.4, 0.5) is 0 Å². The molecule has 0 atom stereocenters. The summed E-state index contributed by atoms with van der Waals surface area (Å²) in [5.74, 6) is 0.761. The van der Waals surface area contributed by atoms with Crippen molar-refractivity contribution in [1.82, 2.24) is 0 Å². The summed E-state index contributed by atoms with van der Waals surface area (Å²) in [7, 11) is 0. The van der Waals surface area contributed by atoms with Gasteiger partial charge >= 0.3 is 0 Å². The van der Waals surface area contributed by atoms with Gasteiger partial charge in [0.1, 0.15) is 0 Å². The maximum atomic E-state index is 12.0. The number of fused-ring (bicyclic) bond motifs is 1. The Morgan fingerprint density at radius 2 is 1.69 bits per heavy atom. The van der Waals surface area contributed by atoms with E-state index >= 15 is 0 Å². The van der Waals surface area contributed by atoms with Crippen LogP contribution in [0.2, 0.25) is 0 Å². The van der Waals surface area contributed by atoms with E-state index in [0.29, 0.717) is 5.92 Å². The normalized spacial score (nSPS) is 24.9. The van der Waals surface area contributed by atoms with Crippen LogP contribution in [0.25, 0.3) is 0 Å². The Balaban J connectivity index is 1.95. The molecule has 0 aliphatic heterocycles. The topological polar surface area (TPSA) is 17.1 Å². The van der Waals surface area contributed by atoms with Gasteiger partial charge < -0.3 is 0 Å². The summed E-state index contributed by atoms with van der Waals surface area (Å²) in [4.78, 5) is 12.0. The number of ketones is 1. The number of hydrogen-bond acceptors (Lipinski definition) is 1. The minimum absolute atomic E-state index is 0.241. The highest BCUT2D eigenvalue weighted by atomic mass is 16.1. The standard InChI is InChI=1S/C15H16O/c1-10-6-12-8-14(11-4-2-3-5-11)15(16)9-13(12)7-10/h6-9,11H,2-5H2,1H3. The Bertz CT molecular complexity index is 466. The number of rotatable bonds is 1. The van der Waals surface area contributed by atoms with E-state index in [1.54, 1.807) is 0 Å². The van der Waals surface area contributed by atoms with Crippen LogP contribution in [0.15, 0.2) is 46.6 Å². The summed E-state index contributed by atoms with van der Waals surface area (Å²) in [6.45, 7) is 2.08. The molecule has 1 nitrogen and oxygen atoms in total. The van der Waals surface area contributed by atoms with E-state index < -0.39 is 0 Å². The van der Waals surface area contributed by atoms with E-state index in [2.05, 4.69) is 25.2 Å². The second-order valence-electron chi connectivity index (χ2n) is 5.03. The molecule has 0 amide bonds. The third-order valence-corrected chi connectivity index (χ3v) is 3.78. The van der Waals surface area contributed by atoms with Crippen molar-refractivity contribution in [2.75, 3.05) is 0 Å². The van der Waals surface area contributed by atoms with Crippen LogP contribution >= 0.6 is 0 Å². The van der Waals surface area contributed by atoms with Crippen molar-refractivity contribution >= 4 is 5.78 Å². The molecule has 1 heteroatoms. The molecule has 3 rings (SSSR count). The lowest BCUT2D eigenvalue weighted by Gasteiger charge is -2.16. The molecule has 3 aliphatic carbocycles. The fourth-order valence-corrected chi connectivity index (χ4v) is 2.97. The summed E-state index contributed by atoms with van der Waals surface area (Å²) in [6.07, 6.45) is 13.2. The van der Waals surface area contributed by atoms with Gasteiger partial charge in [0.05, 0.1) is 0 Å². The highest BCUT2D eigenvalue weighted by Gasteiger charge is 2.27. The van der Waals surface area contributed by atoms with E-state index in [1.807, 2.05) is 6.08 Å². The van der Waals surface area contributed by atoms with Gasteiger partial charge in [0.25, 0.3) is 0 Å². The molecule has 82 valence electrons. The molecule has 0 heterocycles. The second kappa shape index (κ2) is 3.58. The fourth-order valence-electron chi connectivity index (χ4n) is 2.97. The van der Waals surface area contributed by atoms with E-state index in [0.717, 1.165) is 11.1 Å². The average molecular weight is 212 g/mol. The van der Waals surface area contributed by atoms with Gasteiger partial charge in [-0.1, -0.05) is 25.0 Å². The van der Waals surface area contributed by atoms with Gasteiger partial charge in [-0.25, -0.2) is 0 Å². The summed E-state index contributed by atoms with van der Waals surface area (Å²) in [5.41, 5.74) is 4.64. The van der Waals surface area contributed by atoms with Gasteiger partial charge in [-0.2, -0.15) is 0 Å². The Kier molecular flexibility index (Phi) is 2.20. The van der Waals surface area contributed by atoms with Crippen LogP contribution in [-0.4, -0.2) is 5.78 Å². The molecule has 16 heavy (non-hydrogen) atoms. The number of hydrogen-bond donors (Lipinski definition) is 0. The molecule has 0 unspecified atom stereocenters. The van der Waals surface area contributed by atoms with Gasteiger partial charge in [-0.3, -0.25) is 4.79 Å². The van der Waals surface area contributed by atoms with E-state index in [4.69, 9.17) is 0 Å². The zero-order valence-electron chi connectivity index (χ0n) is 9.62. The van der Waals surface area contributed by atoms with Crippen molar-refractivity contribution in [2.24, 2.45) is 5.92 Å². The SMILES string of the molecule is CC1=CC2=CC(=O)C(C3CCCC3)=CC2=C1. The zero-order valence-corrected chi connectivity index (χ0v) is 9.62. The molecule has 0 saturated heterocycles. The molecule has 0 bridgehead atoms. The van der Waals surface area contributed by atoms with Crippen molar-refractivity contribution in [3.63, 3.8) is 0 Å². The maximum Gasteiger partial charge on any atom is 0.182 e. The van der Waals surface area contributed by atoms with Gasteiger partial charge in [-0.05, 0) is 54.6 Å². The average Bonchev–Trinajstić information content (AvgIpc) is 2.83. The van der Waals surface area contributed by atoms with Gasteiger partial charge in [-0.15, -0.1) is 0 Å². The summed E-state index contributed by atoms with van der Waals surface area (Å²) in [5, 5.41) is 0. The molecule has 0 radical (unpaired) electrons. The number of carbonyl (C=O) groups is 1. The first kappa shape index (κ1) is 9.83. The number of allylic oxidation sites excluding steroid dienone is 8. The first-order valence-electron chi connectivity index (χ1n) is 6.12. The molecule has 0 aromatic carbocycles. The van der Waals surface area contributed by atoms with Crippen LogP contribution < -0.4 is 0 Å².